The second-order valence-corrected chi connectivity index (χ2v) is 12.5. The lowest BCUT2D eigenvalue weighted by molar-refractivity contribution is 0.669. The normalized spacial score (nSPS) is 16.5. The van der Waals surface area contributed by atoms with Gasteiger partial charge in [-0.1, -0.05) is 151 Å². The minimum absolute atomic E-state index is 0.0591. The van der Waals surface area contributed by atoms with Crippen molar-refractivity contribution in [2.24, 2.45) is 0 Å². The van der Waals surface area contributed by atoms with Gasteiger partial charge in [0.2, 0.25) is 0 Å². The number of hydrogen-bond acceptors (Lipinski definition) is 4. The first-order valence-electron chi connectivity index (χ1n) is 26.5. The van der Waals surface area contributed by atoms with E-state index in [0.717, 1.165) is 10.8 Å². The molecule has 0 unspecified atom stereocenters. The van der Waals surface area contributed by atoms with Gasteiger partial charge < -0.3 is 4.42 Å². The molecule has 2 heterocycles. The van der Waals surface area contributed by atoms with Crippen LogP contribution in [0.25, 0.3) is 111 Å². The molecule has 0 atom stereocenters. The minimum atomic E-state index is -0.938. The van der Waals surface area contributed by atoms with E-state index in [2.05, 4.69) is 4.98 Å². The second kappa shape index (κ2) is 12.6. The van der Waals surface area contributed by atoms with E-state index >= 15 is 0 Å². The Morgan fingerprint density at radius 3 is 1.53 bits per heavy atom. The monoisotopic (exact) mass is 720 g/mol. The molecule has 2 aromatic heterocycles. The Balaban J connectivity index is 1.21. The van der Waals surface area contributed by atoms with Crippen LogP contribution in [0.4, 0.5) is 0 Å². The fourth-order valence-corrected chi connectivity index (χ4v) is 6.65. The van der Waals surface area contributed by atoms with Gasteiger partial charge in [0.05, 0.1) is 26.0 Å². The van der Waals surface area contributed by atoms with Crippen LogP contribution in [0.1, 0.15) is 26.0 Å². The molecule has 0 radical (unpaired) electrons. The van der Waals surface area contributed by atoms with Crippen molar-refractivity contribution in [1.29, 1.82) is 0 Å². The third kappa shape index (κ3) is 5.34. The van der Waals surface area contributed by atoms with Crippen molar-refractivity contribution in [3.05, 3.63) is 188 Å². The van der Waals surface area contributed by atoms with Crippen LogP contribution >= 0.6 is 0 Å². The highest BCUT2D eigenvalue weighted by Gasteiger charge is 2.16. The van der Waals surface area contributed by atoms with Gasteiger partial charge in [0, 0.05) is 27.5 Å². The number of furan rings is 1. The SMILES string of the molecule is [2H]c1c([2H])c(-c2nc(-c3ccccc3)nc(-c3ccc4c(c3)oc3ccccc34)n2)c([2H])c(-c2c([2H])c([2H])c([2H])c(-c3c([2H])c([2H])c4c5c([2H])c([2H])c([2H])c([2H])c5c5c([2H])c([2H])c([2H])c([2H])c5c4c3[2H])c2[2H])c1[2H]. The van der Waals surface area contributed by atoms with Crippen LogP contribution in [-0.4, -0.2) is 15.0 Å². The van der Waals surface area contributed by atoms with Crippen molar-refractivity contribution >= 4 is 54.3 Å². The highest BCUT2D eigenvalue weighted by atomic mass is 16.3. The van der Waals surface area contributed by atoms with E-state index in [1.807, 2.05) is 30.3 Å². The minimum Gasteiger partial charge on any atom is -0.456 e. The number of nitrogens with zero attached hydrogens (tertiary/aromatic N) is 3. The number of benzene rings is 9. The zero-order valence-electron chi connectivity index (χ0n) is 47.2. The van der Waals surface area contributed by atoms with E-state index in [0.29, 0.717) is 22.3 Å². The Labute approximate surface area is 343 Å². The van der Waals surface area contributed by atoms with Gasteiger partial charge in [0.1, 0.15) is 11.2 Å². The van der Waals surface area contributed by atoms with E-state index < -0.39 is 175 Å². The van der Waals surface area contributed by atoms with Crippen molar-refractivity contribution in [2.75, 3.05) is 0 Å². The quantitative estimate of drug-likeness (QED) is 0.166. The Hall–Kier alpha value is -7.43. The van der Waals surface area contributed by atoms with Gasteiger partial charge >= 0.3 is 0 Å². The van der Waals surface area contributed by atoms with Crippen LogP contribution in [-0.2, 0) is 0 Å². The summed E-state index contributed by atoms with van der Waals surface area (Å²) in [6, 6.07) is 6.03. The van der Waals surface area contributed by atoms with Gasteiger partial charge in [0.15, 0.2) is 17.5 Å². The van der Waals surface area contributed by atoms with Gasteiger partial charge in [-0.15, -0.1) is 0 Å². The van der Waals surface area contributed by atoms with Crippen molar-refractivity contribution in [3.8, 4) is 56.4 Å². The van der Waals surface area contributed by atoms with Crippen molar-refractivity contribution in [2.45, 2.75) is 0 Å². The van der Waals surface area contributed by atoms with Crippen molar-refractivity contribution in [1.82, 2.24) is 15.0 Å². The molecule has 4 nitrogen and oxygen atoms in total. The zero-order valence-corrected chi connectivity index (χ0v) is 28.2. The van der Waals surface area contributed by atoms with Crippen LogP contribution < -0.4 is 0 Å². The van der Waals surface area contributed by atoms with Crippen LogP contribution in [0, 0.1) is 0 Å². The molecule has 0 aliphatic rings. The molecule has 0 bridgehead atoms. The molecule has 256 valence electrons. The molecule has 4 heteroatoms. The maximum atomic E-state index is 9.74. The summed E-state index contributed by atoms with van der Waals surface area (Å²) >= 11 is 0. The lowest BCUT2D eigenvalue weighted by Gasteiger charge is -2.13. The molecule has 0 fully saturated rings. The van der Waals surface area contributed by atoms with E-state index in [4.69, 9.17) is 28.1 Å². The Morgan fingerprint density at radius 1 is 0.327 bits per heavy atom. The number of rotatable bonds is 5. The maximum absolute atomic E-state index is 9.74. The molecule has 0 N–H and O–H groups in total. The highest BCUT2D eigenvalue weighted by molar-refractivity contribution is 6.25. The molecular weight excluding hydrogens is 671 g/mol. The average Bonchev–Trinajstić information content (AvgIpc) is 3.79. The van der Waals surface area contributed by atoms with Gasteiger partial charge in [-0.25, -0.2) is 15.0 Å². The fraction of sp³-hybridized carbons (Fsp3) is 0. The lowest BCUT2D eigenvalue weighted by atomic mass is 9.91. The van der Waals surface area contributed by atoms with Crippen LogP contribution in [0.15, 0.2) is 192 Å². The summed E-state index contributed by atoms with van der Waals surface area (Å²) in [6.45, 7) is 0. The smallest absolute Gasteiger partial charge is 0.164 e. The lowest BCUT2D eigenvalue weighted by Crippen LogP contribution is -2.00. The van der Waals surface area contributed by atoms with E-state index in [1.165, 1.54) is 0 Å². The predicted molar refractivity (Wildman–Crippen MR) is 227 cm³/mol. The Kier molecular flexibility index (Phi) is 4.03. The summed E-state index contributed by atoms with van der Waals surface area (Å²) in [5.74, 6) is -0.173. The maximum Gasteiger partial charge on any atom is 0.164 e. The molecule has 0 aliphatic heterocycles. The van der Waals surface area contributed by atoms with Gasteiger partial charge in [-0.3, -0.25) is 0 Å². The summed E-state index contributed by atoms with van der Waals surface area (Å²) < 4.78 is 179. The molecule has 0 aliphatic carbocycles. The van der Waals surface area contributed by atoms with Crippen LogP contribution in [0.5, 0.6) is 0 Å². The van der Waals surface area contributed by atoms with E-state index in [1.54, 1.807) is 42.5 Å². The van der Waals surface area contributed by atoms with Crippen molar-refractivity contribution < 1.29 is 30.5 Å². The van der Waals surface area contributed by atoms with Crippen LogP contribution in [0.3, 0.4) is 0 Å². The third-order valence-electron chi connectivity index (χ3n) is 9.22. The first-order valence-corrected chi connectivity index (χ1v) is 17.0. The molecule has 0 saturated carbocycles. The largest absolute Gasteiger partial charge is 0.456 e. The number of aromatic nitrogens is 3. The van der Waals surface area contributed by atoms with Gasteiger partial charge in [-0.2, -0.15) is 0 Å². The van der Waals surface area contributed by atoms with E-state index in [9.17, 15) is 12.3 Å². The number of para-hydroxylation sites is 1. The summed E-state index contributed by atoms with van der Waals surface area (Å²) in [5, 5.41) is -1.02. The molecule has 0 saturated heterocycles. The number of hydrogen-bond donors (Lipinski definition) is 0. The molecule has 0 amide bonds. The standard InChI is InChI=1S/C51H31N3O/c1-2-12-32(13-3-1)49-52-50(54-51(53-49)38-25-27-45-44-22-8-9-23-47(44)55-48(45)31-38)37-17-11-16-35(29-37)33-14-10-15-34(28-33)36-24-26-43-41-20-5-4-18-39(41)40-19-6-7-21-42(40)46(43)30-36/h1-31H/i4D,5D,6D,7D,10D,11D,14D,15D,16D,17D,18D,19D,20D,21D,24D,26D,28D,29D,30D. The molecule has 11 aromatic rings. The molecule has 0 spiro atoms. The first kappa shape index (κ1) is 17.6. The molecule has 9 aromatic carbocycles. The van der Waals surface area contributed by atoms with Gasteiger partial charge in [0.25, 0.3) is 0 Å². The predicted octanol–water partition coefficient (Wildman–Crippen LogP) is 13.6. The number of fused-ring (bicyclic) bond motifs is 9. The molecular formula is C51H31N3O. The summed E-state index contributed by atoms with van der Waals surface area (Å²) in [6.07, 6.45) is 0. The van der Waals surface area contributed by atoms with Crippen molar-refractivity contribution in [3.63, 3.8) is 0 Å². The summed E-state index contributed by atoms with van der Waals surface area (Å²) in [4.78, 5) is 14.1. The summed E-state index contributed by atoms with van der Waals surface area (Å²) in [5.41, 5.74) is -1.18. The third-order valence-corrected chi connectivity index (χ3v) is 9.22. The topological polar surface area (TPSA) is 51.8 Å². The van der Waals surface area contributed by atoms with Gasteiger partial charge in [-0.05, 0) is 90.9 Å². The molecule has 11 rings (SSSR count). The Bertz CT molecular complexity index is 4330. The second-order valence-electron chi connectivity index (χ2n) is 12.5. The van der Waals surface area contributed by atoms with E-state index in [-0.39, 0.29) is 17.5 Å². The zero-order chi connectivity index (χ0) is 52.8. The average molecular weight is 721 g/mol. The first-order chi connectivity index (χ1) is 35.2. The summed E-state index contributed by atoms with van der Waals surface area (Å²) in [7, 11) is 0. The van der Waals surface area contributed by atoms with Crippen LogP contribution in [0.2, 0.25) is 0 Å². The highest BCUT2D eigenvalue weighted by Crippen LogP contribution is 2.38. The fourth-order valence-electron chi connectivity index (χ4n) is 6.65. The Morgan fingerprint density at radius 2 is 0.836 bits per heavy atom. The molecule has 55 heavy (non-hydrogen) atoms.